The van der Waals surface area contributed by atoms with Crippen LogP contribution in [-0.4, -0.2) is 37.0 Å². The van der Waals surface area contributed by atoms with E-state index in [2.05, 4.69) is 20.8 Å². The number of hydrogen-bond donors (Lipinski definition) is 0. The molecule has 1 fully saturated rings. The molecule has 6 heteroatoms. The predicted molar refractivity (Wildman–Crippen MR) is 105 cm³/mol. The van der Waals surface area contributed by atoms with Gasteiger partial charge in [0.1, 0.15) is 5.82 Å². The molecule has 2 aromatic rings. The number of piperidine rings is 1. The van der Waals surface area contributed by atoms with E-state index in [4.69, 9.17) is 0 Å². The summed E-state index contributed by atoms with van der Waals surface area (Å²) >= 11 is 5.03. The van der Waals surface area contributed by atoms with E-state index in [1.54, 1.807) is 17.4 Å². The van der Waals surface area contributed by atoms with Gasteiger partial charge >= 0.3 is 0 Å². The monoisotopic (exact) mass is 422 g/mol. The van der Waals surface area contributed by atoms with Gasteiger partial charge in [-0.05, 0) is 76.1 Å². The highest BCUT2D eigenvalue weighted by Gasteiger charge is 2.24. The number of anilines is 1. The molecule has 3 nitrogen and oxygen atoms in total. The number of amides is 1. The Labute approximate surface area is 159 Å². The Morgan fingerprint density at radius 1 is 1.32 bits per heavy atom. The van der Waals surface area contributed by atoms with E-state index in [1.807, 2.05) is 41.6 Å². The Morgan fingerprint density at radius 3 is 2.60 bits per heavy atom. The minimum absolute atomic E-state index is 0.0301. The molecule has 132 valence electrons. The molecule has 1 amide bonds. The summed E-state index contributed by atoms with van der Waals surface area (Å²) in [4.78, 5) is 16.5. The zero-order valence-corrected chi connectivity index (χ0v) is 16.4. The van der Waals surface area contributed by atoms with Crippen molar-refractivity contribution < 1.29 is 9.18 Å². The van der Waals surface area contributed by atoms with Crippen LogP contribution in [0.4, 0.5) is 10.1 Å². The van der Waals surface area contributed by atoms with Crippen LogP contribution in [0.25, 0.3) is 6.08 Å². The Hall–Kier alpha value is -1.66. The molecule has 1 saturated heterocycles. The molecule has 0 N–H and O–H groups in total. The van der Waals surface area contributed by atoms with Gasteiger partial charge in [-0.15, -0.1) is 11.3 Å². The van der Waals surface area contributed by atoms with Gasteiger partial charge in [0.05, 0.1) is 3.79 Å². The van der Waals surface area contributed by atoms with Crippen LogP contribution in [0.2, 0.25) is 0 Å². The van der Waals surface area contributed by atoms with Gasteiger partial charge in [-0.2, -0.15) is 0 Å². The first-order valence-corrected chi connectivity index (χ1v) is 9.89. The molecular weight excluding hydrogens is 403 g/mol. The van der Waals surface area contributed by atoms with Crippen LogP contribution in [0.5, 0.6) is 0 Å². The lowest BCUT2D eigenvalue weighted by Gasteiger charge is -2.37. The Balaban J connectivity index is 1.53. The van der Waals surface area contributed by atoms with Gasteiger partial charge in [0, 0.05) is 37.9 Å². The van der Waals surface area contributed by atoms with Gasteiger partial charge in [0.2, 0.25) is 5.91 Å². The molecule has 1 aromatic carbocycles. The third-order valence-electron chi connectivity index (χ3n) is 4.56. The average Bonchev–Trinajstić information content (AvgIpc) is 3.05. The normalized spacial score (nSPS) is 15.7. The second-order valence-corrected chi connectivity index (χ2v) is 8.45. The fraction of sp³-hybridized carbons (Fsp3) is 0.316. The lowest BCUT2D eigenvalue weighted by molar-refractivity contribution is -0.127. The predicted octanol–water partition coefficient (Wildman–Crippen LogP) is 4.79. The highest BCUT2D eigenvalue weighted by Crippen LogP contribution is 2.23. The fourth-order valence-corrected chi connectivity index (χ4v) is 4.18. The standard InChI is InChI=1S/C19H20BrFN2OS/c1-22(19(24)7-2-14-12-18(20)25-13-14)16-8-10-23(11-9-16)17-5-3-15(21)4-6-17/h2-7,12-13,16H,8-11H2,1H3/b7-2+. The lowest BCUT2D eigenvalue weighted by atomic mass is 10.0. The average molecular weight is 423 g/mol. The summed E-state index contributed by atoms with van der Waals surface area (Å²) in [7, 11) is 1.87. The number of likely N-dealkylation sites (N-methyl/N-ethyl adjacent to an activating group) is 1. The quantitative estimate of drug-likeness (QED) is 0.661. The van der Waals surface area contributed by atoms with Gasteiger partial charge in [-0.25, -0.2) is 4.39 Å². The van der Waals surface area contributed by atoms with E-state index in [9.17, 15) is 9.18 Å². The maximum absolute atomic E-state index is 13.0. The highest BCUT2D eigenvalue weighted by molar-refractivity contribution is 9.11. The van der Waals surface area contributed by atoms with Gasteiger partial charge in [-0.3, -0.25) is 4.79 Å². The van der Waals surface area contributed by atoms with Crippen molar-refractivity contribution in [1.29, 1.82) is 0 Å². The van der Waals surface area contributed by atoms with Crippen LogP contribution in [0.1, 0.15) is 18.4 Å². The molecule has 1 aliphatic rings. The number of carbonyl (C=O) groups is 1. The molecule has 1 aliphatic heterocycles. The highest BCUT2D eigenvalue weighted by atomic mass is 79.9. The van der Waals surface area contributed by atoms with Crippen molar-refractivity contribution in [3.8, 4) is 0 Å². The summed E-state index contributed by atoms with van der Waals surface area (Å²) in [6.07, 6.45) is 5.32. The third-order valence-corrected chi connectivity index (χ3v) is 6.08. The van der Waals surface area contributed by atoms with Crippen molar-refractivity contribution in [1.82, 2.24) is 4.90 Å². The molecule has 3 rings (SSSR count). The zero-order valence-electron chi connectivity index (χ0n) is 14.0. The summed E-state index contributed by atoms with van der Waals surface area (Å²) in [6.45, 7) is 1.74. The fourth-order valence-electron chi connectivity index (χ4n) is 3.04. The molecule has 2 heterocycles. The topological polar surface area (TPSA) is 23.6 Å². The van der Waals surface area contributed by atoms with Crippen molar-refractivity contribution in [3.63, 3.8) is 0 Å². The van der Waals surface area contributed by atoms with Crippen molar-refractivity contribution >= 4 is 44.9 Å². The molecule has 0 bridgehead atoms. The second-order valence-electron chi connectivity index (χ2n) is 6.16. The first-order chi connectivity index (χ1) is 12.0. The largest absolute Gasteiger partial charge is 0.371 e. The van der Waals surface area contributed by atoms with Crippen molar-refractivity contribution in [2.45, 2.75) is 18.9 Å². The first-order valence-electron chi connectivity index (χ1n) is 8.22. The lowest BCUT2D eigenvalue weighted by Crippen LogP contribution is -2.45. The molecule has 25 heavy (non-hydrogen) atoms. The van der Waals surface area contributed by atoms with Gasteiger partial charge in [0.15, 0.2) is 0 Å². The summed E-state index contributed by atoms with van der Waals surface area (Å²) in [5, 5.41) is 2.01. The van der Waals surface area contributed by atoms with E-state index in [0.717, 1.165) is 41.0 Å². The second kappa shape index (κ2) is 8.15. The molecule has 0 radical (unpaired) electrons. The Morgan fingerprint density at radius 2 is 2.00 bits per heavy atom. The van der Waals surface area contributed by atoms with E-state index in [1.165, 1.54) is 12.1 Å². The van der Waals surface area contributed by atoms with Gasteiger partial charge in [-0.1, -0.05) is 0 Å². The molecule has 1 aromatic heterocycles. The van der Waals surface area contributed by atoms with Crippen LogP contribution < -0.4 is 4.90 Å². The molecule has 0 unspecified atom stereocenters. The van der Waals surface area contributed by atoms with Crippen LogP contribution in [0.3, 0.4) is 0 Å². The molecule has 0 saturated carbocycles. The number of carbonyl (C=O) groups excluding carboxylic acids is 1. The van der Waals surface area contributed by atoms with Crippen molar-refractivity contribution in [2.24, 2.45) is 0 Å². The molecular formula is C19H20BrFN2OS. The smallest absolute Gasteiger partial charge is 0.246 e. The van der Waals surface area contributed by atoms with E-state index in [0.29, 0.717) is 0 Å². The van der Waals surface area contributed by atoms with E-state index in [-0.39, 0.29) is 17.8 Å². The van der Waals surface area contributed by atoms with Crippen LogP contribution in [0, 0.1) is 5.82 Å². The summed E-state index contributed by atoms with van der Waals surface area (Å²) in [5.74, 6) is -0.184. The first kappa shape index (κ1) is 18.1. The summed E-state index contributed by atoms with van der Waals surface area (Å²) in [5.41, 5.74) is 2.07. The number of halogens is 2. The molecule has 0 atom stereocenters. The van der Waals surface area contributed by atoms with Crippen molar-refractivity contribution in [2.75, 3.05) is 25.0 Å². The van der Waals surface area contributed by atoms with Crippen LogP contribution in [-0.2, 0) is 4.79 Å². The number of nitrogens with zero attached hydrogens (tertiary/aromatic N) is 2. The Kier molecular flexibility index (Phi) is 5.91. The molecule has 0 aliphatic carbocycles. The zero-order chi connectivity index (χ0) is 17.8. The van der Waals surface area contributed by atoms with Crippen molar-refractivity contribution in [3.05, 3.63) is 57.0 Å². The number of hydrogen-bond acceptors (Lipinski definition) is 3. The third kappa shape index (κ3) is 4.70. The summed E-state index contributed by atoms with van der Waals surface area (Å²) < 4.78 is 14.1. The number of thiophene rings is 1. The van der Waals surface area contributed by atoms with E-state index >= 15 is 0 Å². The maximum atomic E-state index is 13.0. The minimum Gasteiger partial charge on any atom is -0.371 e. The molecule has 0 spiro atoms. The van der Waals surface area contributed by atoms with Crippen LogP contribution in [0.15, 0.2) is 45.6 Å². The SMILES string of the molecule is CN(C(=O)/C=C/c1csc(Br)c1)C1CCN(c2ccc(F)cc2)CC1. The number of benzene rings is 1. The number of rotatable bonds is 4. The minimum atomic E-state index is -0.214. The van der Waals surface area contributed by atoms with E-state index < -0.39 is 0 Å². The van der Waals surface area contributed by atoms with Crippen LogP contribution >= 0.6 is 27.3 Å². The van der Waals surface area contributed by atoms with Gasteiger partial charge < -0.3 is 9.80 Å². The summed E-state index contributed by atoms with van der Waals surface area (Å²) in [6, 6.07) is 8.84. The maximum Gasteiger partial charge on any atom is 0.246 e. The Bertz CT molecular complexity index is 751. The van der Waals surface area contributed by atoms with Gasteiger partial charge in [0.25, 0.3) is 0 Å².